The van der Waals surface area contributed by atoms with E-state index in [-0.39, 0.29) is 50.3 Å². The smallest absolute Gasteiger partial charge is 0.338 e. The lowest BCUT2D eigenvalue weighted by atomic mass is 9.47. The second-order valence-electron chi connectivity index (χ2n) is 21.4. The molecular formula is C52H84O17. The topological polar surface area (TPSA) is 264 Å². The summed E-state index contributed by atoms with van der Waals surface area (Å²) in [6.07, 6.45) is 9.60. The number of aliphatic hydroxyl groups excluding tert-OH is 9. The Morgan fingerprint density at radius 3 is 2.17 bits per heavy atom. The highest BCUT2D eigenvalue weighted by Gasteiger charge is 2.63. The summed E-state index contributed by atoms with van der Waals surface area (Å²) in [5.41, 5.74) is 2.66. The zero-order valence-corrected chi connectivity index (χ0v) is 41.6. The summed E-state index contributed by atoms with van der Waals surface area (Å²) in [7, 11) is 2.54. The number of allylic oxidation sites excluding steroid dienone is 1. The van der Waals surface area contributed by atoms with E-state index in [4.69, 9.17) is 53.6 Å². The van der Waals surface area contributed by atoms with Crippen LogP contribution in [0.5, 0.6) is 5.75 Å². The third-order valence-corrected chi connectivity index (χ3v) is 16.9. The molecule has 1 aromatic carbocycles. The first-order chi connectivity index (χ1) is 32.9. The van der Waals surface area contributed by atoms with Crippen molar-refractivity contribution < 1.29 is 83.9 Å². The minimum atomic E-state index is -1.00. The molecule has 69 heavy (non-hydrogen) atoms. The third-order valence-electron chi connectivity index (χ3n) is 16.9. The van der Waals surface area contributed by atoms with Crippen molar-refractivity contribution in [2.24, 2.45) is 40.4 Å². The van der Waals surface area contributed by atoms with E-state index in [9.17, 15) is 30.3 Å². The van der Waals surface area contributed by atoms with Crippen LogP contribution in [0, 0.1) is 40.4 Å². The van der Waals surface area contributed by atoms with E-state index in [1.807, 2.05) is 0 Å². The van der Waals surface area contributed by atoms with Crippen molar-refractivity contribution in [3.8, 4) is 5.75 Å². The van der Waals surface area contributed by atoms with Crippen molar-refractivity contribution in [1.29, 1.82) is 0 Å². The minimum absolute atomic E-state index is 0.0652. The molecule has 394 valence electrons. The van der Waals surface area contributed by atoms with Gasteiger partial charge in [0.05, 0.1) is 68.1 Å². The van der Waals surface area contributed by atoms with Crippen LogP contribution in [0.2, 0.25) is 0 Å². The summed E-state index contributed by atoms with van der Waals surface area (Å²) >= 11 is 0. The fourth-order valence-corrected chi connectivity index (χ4v) is 13.0. The molecule has 8 aliphatic rings. The summed E-state index contributed by atoms with van der Waals surface area (Å²) in [6, 6.07) is 6.48. The first kappa shape index (κ1) is 56.0. The molecule has 4 aliphatic heterocycles. The third kappa shape index (κ3) is 13.5. The van der Waals surface area contributed by atoms with Crippen molar-refractivity contribution in [1.82, 2.24) is 0 Å². The lowest BCUT2D eigenvalue weighted by Gasteiger charge is -2.58. The average molecular weight is 981 g/mol. The summed E-state index contributed by atoms with van der Waals surface area (Å²) in [6.45, 7) is 9.02. The second-order valence-corrected chi connectivity index (χ2v) is 21.4. The van der Waals surface area contributed by atoms with Gasteiger partial charge in [-0.05, 0) is 136 Å². The number of carbonyl (C=O) groups excluding carboxylic acids is 1. The lowest BCUT2D eigenvalue weighted by Crippen LogP contribution is -2.51. The Hall–Kier alpha value is -2.33. The maximum absolute atomic E-state index is 11.7. The largest absolute Gasteiger partial charge is 0.497 e. The van der Waals surface area contributed by atoms with Gasteiger partial charge in [0.1, 0.15) is 24.6 Å². The van der Waals surface area contributed by atoms with Gasteiger partial charge in [0.25, 0.3) is 0 Å². The van der Waals surface area contributed by atoms with Crippen molar-refractivity contribution >= 4 is 5.97 Å². The summed E-state index contributed by atoms with van der Waals surface area (Å²) in [4.78, 5) is 11.7. The first-order valence-electron chi connectivity index (χ1n) is 25.5. The molecule has 16 unspecified atom stereocenters. The fraction of sp³-hybridized carbons (Fsp3) is 0.827. The Morgan fingerprint density at radius 2 is 1.52 bits per heavy atom. The van der Waals surface area contributed by atoms with E-state index in [2.05, 4.69) is 26.8 Å². The number of carbonyl (C=O) groups is 1. The Bertz CT molecular complexity index is 1750. The molecule has 0 bridgehead atoms. The molecule has 3 saturated carbocycles. The summed E-state index contributed by atoms with van der Waals surface area (Å²) in [5.74, 6) is 3.51. The van der Waals surface area contributed by atoms with Crippen molar-refractivity contribution in [2.45, 2.75) is 197 Å². The van der Waals surface area contributed by atoms with Gasteiger partial charge < -0.3 is 79.1 Å². The molecule has 0 radical (unpaired) electrons. The molecule has 20 atom stereocenters. The highest BCUT2D eigenvalue weighted by molar-refractivity contribution is 5.89. The molecule has 1 aromatic rings. The Kier molecular flexibility index (Phi) is 20.3. The maximum atomic E-state index is 11.7. The number of hydrogen-bond acceptors (Lipinski definition) is 17. The van der Waals surface area contributed by atoms with Crippen molar-refractivity contribution in [3.63, 3.8) is 0 Å². The van der Waals surface area contributed by atoms with E-state index in [1.165, 1.54) is 45.6 Å². The van der Waals surface area contributed by atoms with E-state index in [1.54, 1.807) is 36.8 Å². The van der Waals surface area contributed by atoms with Crippen LogP contribution in [-0.2, 0) is 28.4 Å². The predicted octanol–water partition coefficient (Wildman–Crippen LogP) is 3.75. The highest BCUT2D eigenvalue weighted by Crippen LogP contribution is 2.68. The zero-order valence-electron chi connectivity index (χ0n) is 41.6. The van der Waals surface area contributed by atoms with E-state index in [0.29, 0.717) is 53.6 Å². The van der Waals surface area contributed by atoms with Gasteiger partial charge in [0.2, 0.25) is 0 Å². The van der Waals surface area contributed by atoms with Gasteiger partial charge in [0.15, 0.2) is 18.9 Å². The van der Waals surface area contributed by atoms with Crippen LogP contribution in [0.4, 0.5) is 0 Å². The maximum Gasteiger partial charge on any atom is 0.338 e. The fourth-order valence-electron chi connectivity index (χ4n) is 13.0. The Labute approximate surface area is 408 Å². The SMILES string of the molecule is CO.COc1ccc(C(=O)OC[C@@H]2OC(O)CC2O)cc1.C[C@@H](CO)CCC1CC2C(CC3C4CC=C5CC(OC6CC(O)CC(CO)O6)CCC5(C)C4CCC23C)O1.C[C@@H]1OC(O)C[C@H](O)C1O. The van der Waals surface area contributed by atoms with Crippen LogP contribution in [0.1, 0.15) is 128 Å². The quantitative estimate of drug-likeness (QED) is 0.113. The Morgan fingerprint density at radius 1 is 0.812 bits per heavy atom. The van der Waals surface area contributed by atoms with Gasteiger partial charge in [-0.2, -0.15) is 0 Å². The van der Waals surface area contributed by atoms with E-state index >= 15 is 0 Å². The average Bonchev–Trinajstić information content (AvgIpc) is 3.99. The second kappa shape index (κ2) is 25.1. The predicted molar refractivity (Wildman–Crippen MR) is 251 cm³/mol. The number of esters is 1. The number of hydrogen-bond donors (Lipinski definition) is 9. The molecule has 4 saturated heterocycles. The normalized spacial score (nSPS) is 42.5. The van der Waals surface area contributed by atoms with Gasteiger partial charge in [0, 0.05) is 39.4 Å². The van der Waals surface area contributed by atoms with Gasteiger partial charge in [-0.3, -0.25) is 0 Å². The molecule has 4 heterocycles. The van der Waals surface area contributed by atoms with Crippen LogP contribution in [0.3, 0.4) is 0 Å². The minimum Gasteiger partial charge on any atom is -0.497 e. The summed E-state index contributed by atoms with van der Waals surface area (Å²) < 4.78 is 38.8. The lowest BCUT2D eigenvalue weighted by molar-refractivity contribution is -0.242. The van der Waals surface area contributed by atoms with E-state index < -0.39 is 61.5 Å². The number of aliphatic hydroxyl groups is 9. The van der Waals surface area contributed by atoms with Gasteiger partial charge in [-0.1, -0.05) is 32.4 Å². The molecule has 0 spiro atoms. The van der Waals surface area contributed by atoms with Crippen LogP contribution in [-0.4, -0.2) is 166 Å². The number of ether oxygens (including phenoxy) is 7. The first-order valence-corrected chi connectivity index (χ1v) is 25.5. The number of methoxy groups -OCH3 is 1. The molecule has 4 aliphatic carbocycles. The number of benzene rings is 1. The van der Waals surface area contributed by atoms with Crippen LogP contribution < -0.4 is 4.74 Å². The Balaban J connectivity index is 0.000000208. The van der Waals surface area contributed by atoms with Gasteiger partial charge in [-0.15, -0.1) is 0 Å². The molecule has 0 amide bonds. The molecule has 9 N–H and O–H groups in total. The van der Waals surface area contributed by atoms with Crippen LogP contribution >= 0.6 is 0 Å². The number of rotatable bonds is 11. The highest BCUT2D eigenvalue weighted by atomic mass is 16.7. The van der Waals surface area contributed by atoms with E-state index in [0.717, 1.165) is 50.5 Å². The molecule has 17 heteroatoms. The molecule has 7 fully saturated rings. The molecule has 0 aromatic heterocycles. The van der Waals surface area contributed by atoms with Gasteiger partial charge in [-0.25, -0.2) is 4.79 Å². The van der Waals surface area contributed by atoms with Crippen molar-refractivity contribution in [2.75, 3.05) is 34.0 Å². The molecule has 9 rings (SSSR count). The van der Waals surface area contributed by atoms with Crippen LogP contribution in [0.25, 0.3) is 0 Å². The molecular weight excluding hydrogens is 897 g/mol. The van der Waals surface area contributed by atoms with Gasteiger partial charge >= 0.3 is 5.97 Å². The monoisotopic (exact) mass is 981 g/mol. The van der Waals surface area contributed by atoms with Crippen molar-refractivity contribution in [3.05, 3.63) is 41.5 Å². The summed E-state index contributed by atoms with van der Waals surface area (Å²) in [5, 5.41) is 81.8. The standard InChI is InChI=1S/C32H52O6.C13H16O6.C6H12O4.CH4O/c1-19(17-33)4-6-22-15-28-29(36-22)16-27-25-7-5-20-12-23(37-30-14-21(35)13-24(18-34)38-30)8-10-31(20,2)26(25)9-11-32(27,28)3;1-17-9-4-2-8(3-5-9)13(16)18-7-11-10(14)6-12(15)19-11;1-3-6(9)4(7)2-5(8)10-3;1-2/h5,19,21-30,33-35H,4,6-18H2,1-3H3;2-5,10-12,14-15H,6-7H2,1H3;3-9H,2H2,1H3;2H,1H3/t19-,21?,22?,23?,24?,25?,26?,27?,28?,29?,30?,31?,32?;10?,11-,12?;3-,4-,5?,6?;/m100./s1. The molecule has 17 nitrogen and oxygen atoms in total. The van der Waals surface area contributed by atoms with Crippen LogP contribution in [0.15, 0.2) is 35.9 Å². The zero-order chi connectivity index (χ0) is 50.2. The number of fused-ring (bicyclic) bond motifs is 7.